The van der Waals surface area contributed by atoms with Gasteiger partial charge in [-0.2, -0.15) is 4.31 Å². The fourth-order valence-electron chi connectivity index (χ4n) is 4.52. The number of rotatable bonds is 11. The maximum Gasteiger partial charge on any atom is 0.253 e. The zero-order valence-corrected chi connectivity index (χ0v) is 23.0. The van der Waals surface area contributed by atoms with Crippen molar-refractivity contribution in [3.05, 3.63) is 76.8 Å². The Kier molecular flexibility index (Phi) is 8.50. The molecule has 0 aliphatic rings. The standard InChI is InChI=1S/C28H33ClN2O2S2/c1-4-30(5-2)16-8-9-17-31(20-22-12-13-23-10-6-7-11-24(23)18-22)35(32,33)28-21(3)26-19-25(29)14-15-27(26)34-28/h6-7,10-15,18-19H,4-5,8-9,16-17,20H2,1-3H3. The van der Waals surface area contributed by atoms with Gasteiger partial charge in [0.2, 0.25) is 0 Å². The summed E-state index contributed by atoms with van der Waals surface area (Å²) in [5.74, 6) is 0. The summed E-state index contributed by atoms with van der Waals surface area (Å²) in [5, 5.41) is 3.80. The molecule has 186 valence electrons. The Morgan fingerprint density at radius 1 is 0.886 bits per heavy atom. The third-order valence-electron chi connectivity index (χ3n) is 6.63. The summed E-state index contributed by atoms with van der Waals surface area (Å²) in [5.41, 5.74) is 1.77. The van der Waals surface area contributed by atoms with Crippen molar-refractivity contribution in [3.63, 3.8) is 0 Å². The Morgan fingerprint density at radius 2 is 1.60 bits per heavy atom. The zero-order chi connectivity index (χ0) is 25.0. The SMILES string of the molecule is CCN(CC)CCCCN(Cc1ccc2ccccc2c1)S(=O)(=O)c1sc2ccc(Cl)cc2c1C. The van der Waals surface area contributed by atoms with E-state index in [-0.39, 0.29) is 0 Å². The van der Waals surface area contributed by atoms with Crippen LogP contribution >= 0.6 is 22.9 Å². The second-order valence-corrected chi connectivity index (χ2v) is 12.5. The lowest BCUT2D eigenvalue weighted by Crippen LogP contribution is -2.32. The van der Waals surface area contributed by atoms with Gasteiger partial charge in [-0.1, -0.05) is 61.8 Å². The van der Waals surface area contributed by atoms with E-state index in [9.17, 15) is 8.42 Å². The maximum absolute atomic E-state index is 14.0. The number of benzene rings is 3. The lowest BCUT2D eigenvalue weighted by atomic mass is 10.1. The van der Waals surface area contributed by atoms with Crippen LogP contribution in [0.1, 0.15) is 37.8 Å². The molecule has 4 aromatic rings. The first-order chi connectivity index (χ1) is 16.8. The van der Waals surface area contributed by atoms with Crippen molar-refractivity contribution in [2.45, 2.75) is 44.4 Å². The number of unbranched alkanes of at least 4 members (excludes halogenated alkanes) is 1. The third-order valence-corrected chi connectivity index (χ3v) is 10.6. The van der Waals surface area contributed by atoms with Gasteiger partial charge in [0.25, 0.3) is 10.0 Å². The van der Waals surface area contributed by atoms with Crippen molar-refractivity contribution in [1.29, 1.82) is 0 Å². The number of fused-ring (bicyclic) bond motifs is 2. The lowest BCUT2D eigenvalue weighted by Gasteiger charge is -2.23. The van der Waals surface area contributed by atoms with Gasteiger partial charge in [-0.15, -0.1) is 11.3 Å². The molecule has 0 atom stereocenters. The fraction of sp³-hybridized carbons (Fsp3) is 0.357. The molecular weight excluding hydrogens is 496 g/mol. The predicted octanol–water partition coefficient (Wildman–Crippen LogP) is 7.33. The van der Waals surface area contributed by atoms with Gasteiger partial charge in [0.1, 0.15) is 4.21 Å². The number of hydrogen-bond donors (Lipinski definition) is 0. The first kappa shape index (κ1) is 26.1. The van der Waals surface area contributed by atoms with Gasteiger partial charge in [-0.25, -0.2) is 8.42 Å². The second-order valence-electron chi connectivity index (χ2n) is 8.91. The minimum absolute atomic E-state index is 0.354. The molecule has 1 aromatic heterocycles. The monoisotopic (exact) mass is 528 g/mol. The van der Waals surface area contributed by atoms with Gasteiger partial charge in [0, 0.05) is 22.8 Å². The van der Waals surface area contributed by atoms with Crippen LogP contribution < -0.4 is 0 Å². The van der Waals surface area contributed by atoms with Crippen LogP contribution in [0.2, 0.25) is 5.02 Å². The molecule has 7 heteroatoms. The highest BCUT2D eigenvalue weighted by Crippen LogP contribution is 2.37. The predicted molar refractivity (Wildman–Crippen MR) is 150 cm³/mol. The van der Waals surface area contributed by atoms with E-state index >= 15 is 0 Å². The van der Waals surface area contributed by atoms with E-state index in [4.69, 9.17) is 11.6 Å². The molecule has 0 N–H and O–H groups in total. The Bertz CT molecular complexity index is 1410. The highest BCUT2D eigenvalue weighted by atomic mass is 35.5. The number of halogens is 1. The van der Waals surface area contributed by atoms with Crippen molar-refractivity contribution in [2.75, 3.05) is 26.2 Å². The minimum atomic E-state index is -3.67. The Labute approximate surface area is 218 Å². The Morgan fingerprint density at radius 3 is 2.34 bits per heavy atom. The van der Waals surface area contributed by atoms with E-state index in [0.717, 1.165) is 64.5 Å². The average molecular weight is 529 g/mol. The molecule has 0 spiro atoms. The molecule has 4 nitrogen and oxygen atoms in total. The lowest BCUT2D eigenvalue weighted by molar-refractivity contribution is 0.289. The van der Waals surface area contributed by atoms with Crippen molar-refractivity contribution < 1.29 is 8.42 Å². The molecule has 0 bridgehead atoms. The van der Waals surface area contributed by atoms with Crippen molar-refractivity contribution >= 4 is 53.8 Å². The van der Waals surface area contributed by atoms with E-state index in [0.29, 0.717) is 22.3 Å². The number of hydrogen-bond acceptors (Lipinski definition) is 4. The minimum Gasteiger partial charge on any atom is -0.304 e. The maximum atomic E-state index is 14.0. The van der Waals surface area contributed by atoms with Crippen LogP contribution in [0.3, 0.4) is 0 Å². The van der Waals surface area contributed by atoms with Crippen LogP contribution in [0.4, 0.5) is 0 Å². The molecule has 3 aromatic carbocycles. The summed E-state index contributed by atoms with van der Waals surface area (Å²) in [7, 11) is -3.67. The van der Waals surface area contributed by atoms with Crippen molar-refractivity contribution in [1.82, 2.24) is 9.21 Å². The quantitative estimate of drug-likeness (QED) is 0.191. The molecule has 0 saturated heterocycles. The van der Waals surface area contributed by atoms with Gasteiger partial charge < -0.3 is 4.90 Å². The summed E-state index contributed by atoms with van der Waals surface area (Å²) in [6.07, 6.45) is 1.78. The van der Waals surface area contributed by atoms with Crippen LogP contribution in [0.5, 0.6) is 0 Å². The van der Waals surface area contributed by atoms with Crippen LogP contribution in [0.15, 0.2) is 64.9 Å². The van der Waals surface area contributed by atoms with E-state index < -0.39 is 10.0 Å². The van der Waals surface area contributed by atoms with Gasteiger partial charge in [0.05, 0.1) is 0 Å². The average Bonchev–Trinajstić information content (AvgIpc) is 3.19. The Balaban J connectivity index is 1.64. The summed E-state index contributed by atoms with van der Waals surface area (Å²) in [6, 6.07) is 20.0. The van der Waals surface area contributed by atoms with E-state index in [1.54, 1.807) is 4.31 Å². The van der Waals surface area contributed by atoms with Gasteiger partial charge in [-0.3, -0.25) is 0 Å². The third kappa shape index (κ3) is 5.89. The molecule has 0 aliphatic carbocycles. The van der Waals surface area contributed by atoms with E-state index in [2.05, 4.69) is 43.0 Å². The fourth-order valence-corrected chi connectivity index (χ4v) is 8.04. The first-order valence-electron chi connectivity index (χ1n) is 12.2. The molecule has 0 amide bonds. The van der Waals surface area contributed by atoms with Gasteiger partial charge in [0.15, 0.2) is 0 Å². The molecule has 0 aliphatic heterocycles. The summed E-state index contributed by atoms with van der Waals surface area (Å²) >= 11 is 7.54. The van der Waals surface area contributed by atoms with Crippen LogP contribution in [-0.4, -0.2) is 43.8 Å². The molecule has 1 heterocycles. The normalized spacial score (nSPS) is 12.4. The smallest absolute Gasteiger partial charge is 0.253 e. The highest BCUT2D eigenvalue weighted by Gasteiger charge is 2.29. The second kappa shape index (κ2) is 11.4. The number of thiophene rings is 1. The molecule has 0 fully saturated rings. The number of aryl methyl sites for hydroxylation is 1. The van der Waals surface area contributed by atoms with Gasteiger partial charge >= 0.3 is 0 Å². The zero-order valence-electron chi connectivity index (χ0n) is 20.6. The molecule has 0 radical (unpaired) electrons. The largest absolute Gasteiger partial charge is 0.304 e. The molecule has 4 rings (SSSR count). The van der Waals surface area contributed by atoms with Crippen molar-refractivity contribution in [3.8, 4) is 0 Å². The molecular formula is C28H33ClN2O2S2. The van der Waals surface area contributed by atoms with Gasteiger partial charge in [-0.05, 0) is 91.0 Å². The summed E-state index contributed by atoms with van der Waals surface area (Å²) in [6.45, 7) is 10.1. The molecule has 0 saturated carbocycles. The first-order valence-corrected chi connectivity index (χ1v) is 14.9. The molecule has 35 heavy (non-hydrogen) atoms. The van der Waals surface area contributed by atoms with Crippen LogP contribution in [-0.2, 0) is 16.6 Å². The van der Waals surface area contributed by atoms with Crippen molar-refractivity contribution in [2.24, 2.45) is 0 Å². The van der Waals surface area contributed by atoms with E-state index in [1.165, 1.54) is 11.3 Å². The van der Waals surface area contributed by atoms with Crippen LogP contribution in [0, 0.1) is 6.92 Å². The Hall–Kier alpha value is -1.96. The summed E-state index contributed by atoms with van der Waals surface area (Å²) < 4.78 is 31.0. The molecule has 0 unspecified atom stereocenters. The topological polar surface area (TPSA) is 40.6 Å². The summed E-state index contributed by atoms with van der Waals surface area (Å²) in [4.78, 5) is 2.38. The highest BCUT2D eigenvalue weighted by molar-refractivity contribution is 7.91. The number of nitrogens with zero attached hydrogens (tertiary/aromatic N) is 2. The van der Waals surface area contributed by atoms with E-state index in [1.807, 2.05) is 43.3 Å². The van der Waals surface area contributed by atoms with Crippen LogP contribution in [0.25, 0.3) is 20.9 Å². The number of sulfonamides is 1.